The summed E-state index contributed by atoms with van der Waals surface area (Å²) >= 11 is 0. The summed E-state index contributed by atoms with van der Waals surface area (Å²) < 4.78 is 44.4. The van der Waals surface area contributed by atoms with E-state index in [1.54, 1.807) is 0 Å². The van der Waals surface area contributed by atoms with Crippen LogP contribution in [0.5, 0.6) is 5.75 Å². The summed E-state index contributed by atoms with van der Waals surface area (Å²) in [7, 11) is 0. The fourth-order valence-corrected chi connectivity index (χ4v) is 1.75. The van der Waals surface area contributed by atoms with Gasteiger partial charge < -0.3 is 4.74 Å². The van der Waals surface area contributed by atoms with Crippen LogP contribution in [0.4, 0.5) is 13.2 Å². The second-order valence-corrected chi connectivity index (χ2v) is 4.38. The van der Waals surface area contributed by atoms with E-state index >= 15 is 0 Å². The lowest BCUT2D eigenvalue weighted by atomic mass is 10.1. The number of ether oxygens (including phenoxy) is 1. The molecule has 0 saturated carbocycles. The Hall–Kier alpha value is -2.37. The molecule has 1 aromatic carbocycles. The number of carbonyl (C=O) groups is 1. The van der Waals surface area contributed by atoms with Crippen LogP contribution in [0, 0.1) is 0 Å². The highest BCUT2D eigenvalue weighted by atomic mass is 19.4. The molecule has 0 radical (unpaired) electrons. The van der Waals surface area contributed by atoms with Crippen molar-refractivity contribution in [1.82, 2.24) is 4.98 Å². The van der Waals surface area contributed by atoms with E-state index in [9.17, 15) is 18.0 Å². The fraction of sp³-hybridized carbons (Fsp3) is 0.200. The van der Waals surface area contributed by atoms with Crippen molar-refractivity contribution in [3.05, 3.63) is 59.9 Å². The molecule has 2 rings (SSSR count). The maximum Gasteiger partial charge on any atom is 0.431 e. The van der Waals surface area contributed by atoms with Crippen molar-refractivity contribution in [2.24, 2.45) is 0 Å². The molecule has 0 saturated heterocycles. The monoisotopic (exact) mass is 295 g/mol. The molecule has 0 aliphatic heterocycles. The fourth-order valence-electron chi connectivity index (χ4n) is 1.75. The van der Waals surface area contributed by atoms with Crippen LogP contribution in [-0.4, -0.2) is 16.9 Å². The van der Waals surface area contributed by atoms with Gasteiger partial charge in [0.25, 0.3) is 0 Å². The maximum atomic E-state index is 13.1. The lowest BCUT2D eigenvalue weighted by Crippen LogP contribution is -2.27. The van der Waals surface area contributed by atoms with Crippen molar-refractivity contribution in [1.29, 1.82) is 0 Å². The number of benzene rings is 1. The van der Waals surface area contributed by atoms with Gasteiger partial charge in [-0.2, -0.15) is 13.2 Å². The molecular formula is C15H12F3NO2. The van der Waals surface area contributed by atoms with Crippen molar-refractivity contribution in [2.75, 3.05) is 0 Å². The molecule has 1 aromatic heterocycles. The summed E-state index contributed by atoms with van der Waals surface area (Å²) in [6, 6.07) is 9.85. The number of rotatable bonds is 4. The van der Waals surface area contributed by atoms with Gasteiger partial charge >= 0.3 is 6.18 Å². The predicted octanol–water partition coefficient (Wildman–Crippen LogP) is 3.97. The second-order valence-electron chi connectivity index (χ2n) is 4.38. The van der Waals surface area contributed by atoms with Crippen molar-refractivity contribution >= 4 is 5.78 Å². The highest BCUT2D eigenvalue weighted by molar-refractivity contribution is 5.94. The van der Waals surface area contributed by atoms with Crippen LogP contribution in [0.2, 0.25) is 0 Å². The van der Waals surface area contributed by atoms with Gasteiger partial charge in [-0.1, -0.05) is 18.2 Å². The largest absolute Gasteiger partial charge is 0.474 e. The van der Waals surface area contributed by atoms with E-state index in [2.05, 4.69) is 4.98 Å². The lowest BCUT2D eigenvalue weighted by molar-refractivity contribution is -0.199. The van der Waals surface area contributed by atoms with E-state index in [0.717, 1.165) is 0 Å². The zero-order chi connectivity index (χ0) is 15.5. The van der Waals surface area contributed by atoms with E-state index in [0.29, 0.717) is 0 Å². The Kier molecular flexibility index (Phi) is 4.26. The second kappa shape index (κ2) is 5.95. The van der Waals surface area contributed by atoms with Crippen molar-refractivity contribution in [3.8, 4) is 5.75 Å². The Morgan fingerprint density at radius 3 is 2.52 bits per heavy atom. The Balaban J connectivity index is 2.32. The third-order valence-electron chi connectivity index (χ3n) is 2.75. The Morgan fingerprint density at radius 2 is 1.95 bits per heavy atom. The van der Waals surface area contributed by atoms with E-state index in [1.165, 1.54) is 55.6 Å². The molecule has 110 valence electrons. The van der Waals surface area contributed by atoms with Crippen LogP contribution in [-0.2, 0) is 0 Å². The minimum Gasteiger partial charge on any atom is -0.474 e. The molecular weight excluding hydrogens is 283 g/mol. The molecule has 0 bridgehead atoms. The molecule has 1 unspecified atom stereocenters. The number of pyridine rings is 1. The average molecular weight is 295 g/mol. The molecule has 1 atom stereocenters. The van der Waals surface area contributed by atoms with Crippen LogP contribution in [0.15, 0.2) is 48.7 Å². The Bertz CT molecular complexity index is 626. The smallest absolute Gasteiger partial charge is 0.431 e. The number of Topliss-reactive ketones (excluding diaryl/α,β-unsaturated/α-hetero) is 1. The van der Waals surface area contributed by atoms with E-state index in [-0.39, 0.29) is 22.8 Å². The SMILES string of the molecule is CC(=O)c1cccc(OC(c2ccccn2)C(F)(F)F)c1. The molecule has 21 heavy (non-hydrogen) atoms. The highest BCUT2D eigenvalue weighted by Crippen LogP contribution is 2.35. The van der Waals surface area contributed by atoms with Crippen LogP contribution in [0.1, 0.15) is 29.1 Å². The van der Waals surface area contributed by atoms with Crippen LogP contribution in [0.25, 0.3) is 0 Å². The van der Waals surface area contributed by atoms with Gasteiger partial charge in [-0.3, -0.25) is 9.78 Å². The molecule has 0 N–H and O–H groups in total. The third-order valence-corrected chi connectivity index (χ3v) is 2.75. The van der Waals surface area contributed by atoms with Crippen LogP contribution >= 0.6 is 0 Å². The summed E-state index contributed by atoms with van der Waals surface area (Å²) in [4.78, 5) is 14.9. The number of halogens is 3. The number of hydrogen-bond acceptors (Lipinski definition) is 3. The summed E-state index contributed by atoms with van der Waals surface area (Å²) in [5, 5.41) is 0. The minimum absolute atomic E-state index is 0.0318. The summed E-state index contributed by atoms with van der Waals surface area (Å²) in [5.41, 5.74) is 0.0488. The molecule has 0 fully saturated rings. The number of nitrogens with zero attached hydrogens (tertiary/aromatic N) is 1. The molecule has 2 aromatic rings. The van der Waals surface area contributed by atoms with Gasteiger partial charge in [0, 0.05) is 11.8 Å². The number of ketones is 1. The van der Waals surface area contributed by atoms with E-state index < -0.39 is 12.3 Å². The normalized spacial score (nSPS) is 12.8. The topological polar surface area (TPSA) is 39.2 Å². The predicted molar refractivity (Wildman–Crippen MR) is 70.1 cm³/mol. The molecule has 0 aliphatic carbocycles. The van der Waals surface area contributed by atoms with Gasteiger partial charge in [0.2, 0.25) is 6.10 Å². The van der Waals surface area contributed by atoms with Crippen molar-refractivity contribution in [2.45, 2.75) is 19.2 Å². The summed E-state index contributed by atoms with van der Waals surface area (Å²) in [6.45, 7) is 1.33. The zero-order valence-electron chi connectivity index (χ0n) is 11.1. The average Bonchev–Trinajstić information content (AvgIpc) is 2.45. The van der Waals surface area contributed by atoms with Gasteiger partial charge in [-0.05, 0) is 31.2 Å². The molecule has 3 nitrogen and oxygen atoms in total. The first-order valence-electron chi connectivity index (χ1n) is 6.13. The number of alkyl halides is 3. The standard InChI is InChI=1S/C15H12F3NO2/c1-10(20)11-5-4-6-12(9-11)21-14(15(16,17)18)13-7-2-3-8-19-13/h2-9,14H,1H3. The lowest BCUT2D eigenvalue weighted by Gasteiger charge is -2.21. The van der Waals surface area contributed by atoms with Gasteiger partial charge in [-0.15, -0.1) is 0 Å². The van der Waals surface area contributed by atoms with Crippen molar-refractivity contribution < 1.29 is 22.7 Å². The highest BCUT2D eigenvalue weighted by Gasteiger charge is 2.44. The number of aromatic nitrogens is 1. The zero-order valence-corrected chi connectivity index (χ0v) is 11.1. The minimum atomic E-state index is -4.61. The van der Waals surface area contributed by atoms with E-state index in [1.807, 2.05) is 0 Å². The van der Waals surface area contributed by atoms with Crippen LogP contribution in [0.3, 0.4) is 0 Å². The maximum absolute atomic E-state index is 13.1. The summed E-state index contributed by atoms with van der Waals surface area (Å²) in [5.74, 6) is -0.280. The van der Waals surface area contributed by atoms with Gasteiger partial charge in [0.15, 0.2) is 5.78 Å². The first-order valence-corrected chi connectivity index (χ1v) is 6.13. The Labute approximate surface area is 119 Å². The summed E-state index contributed by atoms with van der Waals surface area (Å²) in [6.07, 6.45) is -5.52. The number of carbonyl (C=O) groups excluding carboxylic acids is 1. The Morgan fingerprint density at radius 1 is 1.19 bits per heavy atom. The van der Waals surface area contributed by atoms with Gasteiger partial charge in [-0.25, -0.2) is 0 Å². The molecule has 1 heterocycles. The molecule has 0 amide bonds. The van der Waals surface area contributed by atoms with E-state index in [4.69, 9.17) is 4.74 Å². The van der Waals surface area contributed by atoms with Crippen LogP contribution < -0.4 is 4.74 Å². The van der Waals surface area contributed by atoms with Gasteiger partial charge in [0.05, 0.1) is 5.69 Å². The van der Waals surface area contributed by atoms with Gasteiger partial charge in [0.1, 0.15) is 5.75 Å². The first kappa shape index (κ1) is 15.0. The van der Waals surface area contributed by atoms with Crippen molar-refractivity contribution in [3.63, 3.8) is 0 Å². The molecule has 0 spiro atoms. The quantitative estimate of drug-likeness (QED) is 0.801. The third kappa shape index (κ3) is 3.81. The molecule has 0 aliphatic rings. The first-order chi connectivity index (χ1) is 9.88. The number of hydrogen-bond donors (Lipinski definition) is 0. The molecule has 6 heteroatoms.